The second-order valence-corrected chi connectivity index (χ2v) is 7.99. The van der Waals surface area contributed by atoms with Crippen molar-refractivity contribution < 1.29 is 23.1 Å². The van der Waals surface area contributed by atoms with E-state index in [0.717, 1.165) is 17.2 Å². The van der Waals surface area contributed by atoms with Gasteiger partial charge in [0.05, 0.1) is 28.3 Å². The number of fused-ring (bicyclic) bond motifs is 3. The smallest absolute Gasteiger partial charge is 0.325 e. The van der Waals surface area contributed by atoms with Gasteiger partial charge in [-0.2, -0.15) is 0 Å². The van der Waals surface area contributed by atoms with Crippen molar-refractivity contribution >= 4 is 29.5 Å². The summed E-state index contributed by atoms with van der Waals surface area (Å²) in [5.74, 6) is -1.39. The molecular formula is C18H14F2N3O3P. The average Bonchev–Trinajstić information content (AvgIpc) is 2.98. The van der Waals surface area contributed by atoms with Gasteiger partial charge < -0.3 is 14.8 Å². The molecule has 3 N–H and O–H groups in total. The predicted octanol–water partition coefficient (Wildman–Crippen LogP) is 3.78. The summed E-state index contributed by atoms with van der Waals surface area (Å²) >= 11 is 0. The van der Waals surface area contributed by atoms with E-state index >= 15 is 0 Å². The van der Waals surface area contributed by atoms with Crippen LogP contribution in [0.2, 0.25) is 0 Å². The van der Waals surface area contributed by atoms with Crippen molar-refractivity contribution in [2.24, 2.45) is 0 Å². The van der Waals surface area contributed by atoms with Gasteiger partial charge in [-0.25, -0.2) is 18.7 Å². The molecule has 0 saturated heterocycles. The van der Waals surface area contributed by atoms with Gasteiger partial charge >= 0.3 is 7.60 Å². The van der Waals surface area contributed by atoms with Crippen LogP contribution in [0.3, 0.4) is 0 Å². The number of rotatable bonds is 4. The number of aromatic nitrogens is 3. The van der Waals surface area contributed by atoms with Gasteiger partial charge in [-0.15, -0.1) is 0 Å². The molecule has 0 aliphatic carbocycles. The quantitative estimate of drug-likeness (QED) is 0.462. The molecule has 138 valence electrons. The summed E-state index contributed by atoms with van der Waals surface area (Å²) in [6, 6.07) is 9.05. The largest absolute Gasteiger partial charge is 0.351 e. The Hall–Kier alpha value is -2.67. The van der Waals surface area contributed by atoms with Gasteiger partial charge in [0.2, 0.25) is 0 Å². The molecule has 0 saturated carbocycles. The van der Waals surface area contributed by atoms with Crippen molar-refractivity contribution in [1.29, 1.82) is 0 Å². The summed E-state index contributed by atoms with van der Waals surface area (Å²) < 4.78 is 38.7. The Balaban J connectivity index is 1.78. The molecule has 27 heavy (non-hydrogen) atoms. The Morgan fingerprint density at radius 2 is 1.81 bits per heavy atom. The maximum Gasteiger partial charge on any atom is 0.325 e. The van der Waals surface area contributed by atoms with Crippen molar-refractivity contribution in [1.82, 2.24) is 15.0 Å². The predicted molar refractivity (Wildman–Crippen MR) is 97.4 cm³/mol. The van der Waals surface area contributed by atoms with Crippen LogP contribution in [-0.4, -0.2) is 30.9 Å². The van der Waals surface area contributed by atoms with Crippen LogP contribution >= 0.6 is 7.60 Å². The zero-order valence-corrected chi connectivity index (χ0v) is 14.8. The number of hydrogen-bond donors (Lipinski definition) is 3. The molecule has 4 rings (SSSR count). The Labute approximate surface area is 152 Å². The third kappa shape index (κ3) is 3.47. The first-order valence-electron chi connectivity index (χ1n) is 8.07. The number of aryl methyl sites for hydroxylation is 1. The molecule has 0 radical (unpaired) electrons. The van der Waals surface area contributed by atoms with Crippen LogP contribution in [0, 0.1) is 11.6 Å². The molecule has 0 unspecified atom stereocenters. The molecule has 0 aliphatic rings. The minimum absolute atomic E-state index is 0.202. The van der Waals surface area contributed by atoms with Crippen molar-refractivity contribution in [3.63, 3.8) is 0 Å². The van der Waals surface area contributed by atoms with Gasteiger partial charge in [-0.05, 0) is 18.1 Å². The van der Waals surface area contributed by atoms with Crippen LogP contribution in [0.25, 0.3) is 33.2 Å². The number of H-pyrrole nitrogens is 1. The Morgan fingerprint density at radius 1 is 1.07 bits per heavy atom. The third-order valence-corrected chi connectivity index (χ3v) is 5.12. The average molecular weight is 389 g/mol. The minimum Gasteiger partial charge on any atom is -0.351 e. The van der Waals surface area contributed by atoms with Gasteiger partial charge in [-0.1, -0.05) is 24.3 Å². The van der Waals surface area contributed by atoms with Crippen molar-refractivity contribution in [3.8, 4) is 11.3 Å². The number of halogens is 2. The molecule has 6 nitrogen and oxygen atoms in total. The van der Waals surface area contributed by atoms with Gasteiger partial charge in [0, 0.05) is 11.6 Å². The fraction of sp³-hybridized carbons (Fsp3) is 0.111. The first kappa shape index (κ1) is 17.7. The number of nitrogens with zero attached hydrogens (tertiary/aromatic N) is 2. The fourth-order valence-corrected chi connectivity index (χ4v) is 3.61. The summed E-state index contributed by atoms with van der Waals surface area (Å²) in [6.07, 6.45) is 1.34. The van der Waals surface area contributed by atoms with E-state index in [1.165, 1.54) is 12.4 Å². The van der Waals surface area contributed by atoms with Gasteiger partial charge in [0.1, 0.15) is 23.5 Å². The standard InChI is InChI=1S/C18H14F2N3O3P/c19-12-7-13(20)15-14(8-12)23-18-16(21-9-22-17(15)18)11-3-1-10(2-4-11)5-6-27(24,25)26/h1-4,7-9,23H,5-6H2,(H2,24,25,26). The maximum absolute atomic E-state index is 14.2. The Kier molecular flexibility index (Phi) is 4.26. The topological polar surface area (TPSA) is 99.1 Å². The van der Waals surface area contributed by atoms with E-state index in [-0.39, 0.29) is 18.0 Å². The van der Waals surface area contributed by atoms with Crippen molar-refractivity contribution in [3.05, 3.63) is 59.9 Å². The van der Waals surface area contributed by atoms with E-state index in [2.05, 4.69) is 15.0 Å². The van der Waals surface area contributed by atoms with E-state index in [4.69, 9.17) is 9.79 Å². The summed E-state index contributed by atoms with van der Waals surface area (Å²) in [4.78, 5) is 29.3. The van der Waals surface area contributed by atoms with Crippen LogP contribution < -0.4 is 0 Å². The second kappa shape index (κ2) is 6.49. The number of hydrogen-bond acceptors (Lipinski definition) is 3. The lowest BCUT2D eigenvalue weighted by Gasteiger charge is -2.06. The fourth-order valence-electron chi connectivity index (χ4n) is 3.06. The Bertz CT molecular complexity index is 1200. The summed E-state index contributed by atoms with van der Waals surface area (Å²) in [6.45, 7) is 0. The highest BCUT2D eigenvalue weighted by Gasteiger charge is 2.17. The molecule has 0 fully saturated rings. The van der Waals surface area contributed by atoms with Crippen LogP contribution in [0.5, 0.6) is 0 Å². The molecule has 0 spiro atoms. The van der Waals surface area contributed by atoms with Gasteiger partial charge in [-0.3, -0.25) is 4.57 Å². The van der Waals surface area contributed by atoms with E-state index in [1.54, 1.807) is 24.3 Å². The lowest BCUT2D eigenvalue weighted by Crippen LogP contribution is -1.94. The summed E-state index contributed by atoms with van der Waals surface area (Å²) in [7, 11) is -4.05. The molecule has 4 aromatic rings. The monoisotopic (exact) mass is 389 g/mol. The zero-order valence-electron chi connectivity index (χ0n) is 13.9. The molecule has 2 heterocycles. The van der Waals surface area contributed by atoms with E-state index in [0.29, 0.717) is 22.2 Å². The highest BCUT2D eigenvalue weighted by atomic mass is 31.2. The lowest BCUT2D eigenvalue weighted by atomic mass is 10.1. The van der Waals surface area contributed by atoms with Crippen LogP contribution in [0.1, 0.15) is 5.56 Å². The van der Waals surface area contributed by atoms with Crippen molar-refractivity contribution in [2.45, 2.75) is 6.42 Å². The lowest BCUT2D eigenvalue weighted by molar-refractivity contribution is 0.373. The number of nitrogens with one attached hydrogen (secondary N) is 1. The molecule has 9 heteroatoms. The van der Waals surface area contributed by atoms with E-state index in [1.807, 2.05) is 0 Å². The normalized spacial score (nSPS) is 12.1. The van der Waals surface area contributed by atoms with Crippen LogP contribution in [-0.2, 0) is 11.0 Å². The molecule has 0 atom stereocenters. The summed E-state index contributed by atoms with van der Waals surface area (Å²) in [5.41, 5.74) is 3.16. The van der Waals surface area contributed by atoms with E-state index in [9.17, 15) is 13.3 Å². The molecule has 0 bridgehead atoms. The van der Waals surface area contributed by atoms with E-state index < -0.39 is 19.2 Å². The molecule has 2 aromatic carbocycles. The third-order valence-electron chi connectivity index (χ3n) is 4.32. The first-order valence-corrected chi connectivity index (χ1v) is 9.87. The zero-order chi connectivity index (χ0) is 19.2. The minimum atomic E-state index is -4.05. The maximum atomic E-state index is 14.2. The molecule has 0 amide bonds. The summed E-state index contributed by atoms with van der Waals surface area (Å²) in [5, 5.41) is 0.202. The van der Waals surface area contributed by atoms with Gasteiger partial charge in [0.25, 0.3) is 0 Å². The van der Waals surface area contributed by atoms with Gasteiger partial charge in [0.15, 0.2) is 0 Å². The van der Waals surface area contributed by atoms with Crippen molar-refractivity contribution in [2.75, 3.05) is 6.16 Å². The van der Waals surface area contributed by atoms with Crippen LogP contribution in [0.4, 0.5) is 8.78 Å². The first-order chi connectivity index (χ1) is 12.8. The molecule has 0 aliphatic heterocycles. The Morgan fingerprint density at radius 3 is 2.52 bits per heavy atom. The molecular weight excluding hydrogens is 375 g/mol. The highest BCUT2D eigenvalue weighted by molar-refractivity contribution is 7.51. The SMILES string of the molecule is O=P(O)(O)CCc1ccc(-c2ncnc3c2[nH]c2cc(F)cc(F)c23)cc1. The highest BCUT2D eigenvalue weighted by Crippen LogP contribution is 2.35. The molecule has 2 aromatic heterocycles. The van der Waals surface area contributed by atoms with Crippen LogP contribution in [0.15, 0.2) is 42.7 Å². The number of benzene rings is 2. The second-order valence-electron chi connectivity index (χ2n) is 6.22. The number of aromatic amines is 1.